The van der Waals surface area contributed by atoms with Crippen LogP contribution in [-0.2, 0) is 4.79 Å². The molecule has 2 N–H and O–H groups in total. The van der Waals surface area contributed by atoms with Crippen LogP contribution in [0.3, 0.4) is 0 Å². The Kier molecular flexibility index (Phi) is 8.48. The summed E-state index contributed by atoms with van der Waals surface area (Å²) in [6, 6.07) is 7.54. The van der Waals surface area contributed by atoms with Gasteiger partial charge in [0.25, 0.3) is 0 Å². The Morgan fingerprint density at radius 1 is 1.05 bits per heavy atom. The summed E-state index contributed by atoms with van der Waals surface area (Å²) in [5.74, 6) is 1.18. The lowest BCUT2D eigenvalue weighted by Gasteiger charge is -2.26. The lowest BCUT2D eigenvalue weighted by molar-refractivity contribution is -0.131. The number of fused-ring (bicyclic) bond motifs is 1. The fourth-order valence-corrected chi connectivity index (χ4v) is 5.55. The number of methoxy groups -OCH3 is 2. The van der Waals surface area contributed by atoms with Crippen molar-refractivity contribution < 1.29 is 28.6 Å². The van der Waals surface area contributed by atoms with Crippen LogP contribution < -0.4 is 19.7 Å². The van der Waals surface area contributed by atoms with Crippen molar-refractivity contribution in [2.75, 3.05) is 57.2 Å². The number of carbonyl (C=O) groups is 2. The minimum absolute atomic E-state index is 0.0539. The molecule has 5 rings (SSSR count). The quantitative estimate of drug-likeness (QED) is 0.404. The highest BCUT2D eigenvalue weighted by Gasteiger charge is 2.32. The summed E-state index contributed by atoms with van der Waals surface area (Å²) in [6.07, 6.45) is 1.35. The Balaban J connectivity index is 1.41. The van der Waals surface area contributed by atoms with Gasteiger partial charge in [-0.05, 0) is 43.5 Å². The van der Waals surface area contributed by atoms with Crippen LogP contribution in [0.1, 0.15) is 25.7 Å². The van der Waals surface area contributed by atoms with Gasteiger partial charge in [0.2, 0.25) is 11.9 Å². The van der Waals surface area contributed by atoms with E-state index in [-0.39, 0.29) is 29.1 Å². The number of ether oxygens (including phenoxy) is 2. The van der Waals surface area contributed by atoms with Crippen molar-refractivity contribution in [1.29, 1.82) is 0 Å². The van der Waals surface area contributed by atoms with Gasteiger partial charge >= 0.3 is 6.09 Å². The monoisotopic (exact) mass is 586 g/mol. The largest absolute Gasteiger partial charge is 0.493 e. The van der Waals surface area contributed by atoms with Gasteiger partial charge in [-0.2, -0.15) is 4.98 Å². The zero-order valence-electron chi connectivity index (χ0n) is 22.9. The van der Waals surface area contributed by atoms with Crippen LogP contribution in [0.5, 0.6) is 11.5 Å². The third-order valence-electron chi connectivity index (χ3n) is 7.54. The summed E-state index contributed by atoms with van der Waals surface area (Å²) in [4.78, 5) is 39.3. The highest BCUT2D eigenvalue weighted by atomic mass is 35.5. The molecule has 2 fully saturated rings. The summed E-state index contributed by atoms with van der Waals surface area (Å²) >= 11 is 5.95. The molecule has 0 unspecified atom stereocenters. The topological polar surface area (TPSA) is 120 Å². The van der Waals surface area contributed by atoms with Gasteiger partial charge in [-0.25, -0.2) is 14.2 Å². The molecule has 0 spiro atoms. The number of nitrogens with zero attached hydrogens (tertiary/aromatic N) is 5. The number of anilines is 3. The third-order valence-corrected chi connectivity index (χ3v) is 7.77. The average Bonchev–Trinajstić information content (AvgIpc) is 3.28. The number of hydrogen-bond donors (Lipinski definition) is 2. The molecule has 11 nitrogen and oxygen atoms in total. The maximum absolute atomic E-state index is 14.7. The second-order valence-corrected chi connectivity index (χ2v) is 10.5. The van der Waals surface area contributed by atoms with Crippen LogP contribution in [0.2, 0.25) is 5.02 Å². The van der Waals surface area contributed by atoms with E-state index in [0.29, 0.717) is 79.7 Å². The number of benzene rings is 2. The molecule has 2 aliphatic heterocycles. The van der Waals surface area contributed by atoms with Crippen molar-refractivity contribution in [2.24, 2.45) is 0 Å². The molecule has 2 aromatic carbocycles. The SMILES string of the molecule is COc1cc2nc(N3CCCN(C(=O)C[C@@H]4CCCN4C(=O)O)CC3)nc(Nc3ccc(Cl)cc3F)c2cc1OC. The highest BCUT2D eigenvalue weighted by Crippen LogP contribution is 2.36. The smallest absolute Gasteiger partial charge is 0.407 e. The molecular formula is C28H32ClFN6O5. The molecule has 2 saturated heterocycles. The molecule has 2 amide bonds. The molecule has 13 heteroatoms. The first-order valence-corrected chi connectivity index (χ1v) is 13.8. The maximum atomic E-state index is 14.7. The van der Waals surface area contributed by atoms with Gasteiger partial charge in [-0.15, -0.1) is 0 Å². The van der Waals surface area contributed by atoms with Crippen molar-refractivity contribution in [2.45, 2.75) is 31.7 Å². The minimum atomic E-state index is -0.979. The van der Waals surface area contributed by atoms with Gasteiger partial charge < -0.3 is 34.6 Å². The first-order valence-electron chi connectivity index (χ1n) is 13.5. The molecule has 2 aliphatic rings. The van der Waals surface area contributed by atoms with Gasteiger partial charge in [0.15, 0.2) is 11.5 Å². The fraction of sp³-hybridized carbons (Fsp3) is 0.429. The number of carboxylic acid groups (broad SMARTS) is 1. The highest BCUT2D eigenvalue weighted by molar-refractivity contribution is 6.30. The molecule has 3 aromatic rings. The number of carbonyl (C=O) groups excluding carboxylic acids is 1. The van der Waals surface area contributed by atoms with Crippen LogP contribution in [0, 0.1) is 5.82 Å². The van der Waals surface area contributed by atoms with Crippen molar-refractivity contribution in [3.05, 3.63) is 41.2 Å². The van der Waals surface area contributed by atoms with E-state index in [9.17, 15) is 19.1 Å². The maximum Gasteiger partial charge on any atom is 0.407 e. The van der Waals surface area contributed by atoms with Gasteiger partial charge in [-0.1, -0.05) is 11.6 Å². The molecule has 0 bridgehead atoms. The Bertz CT molecular complexity index is 1460. The second kappa shape index (κ2) is 12.2. The number of nitrogens with one attached hydrogen (secondary N) is 1. The molecule has 0 aliphatic carbocycles. The molecule has 1 aromatic heterocycles. The van der Waals surface area contributed by atoms with Crippen LogP contribution in [0.15, 0.2) is 30.3 Å². The van der Waals surface area contributed by atoms with E-state index in [2.05, 4.69) is 5.32 Å². The van der Waals surface area contributed by atoms with Gasteiger partial charge in [0, 0.05) is 61.7 Å². The number of likely N-dealkylation sites (tertiary alicyclic amines) is 1. The molecule has 3 heterocycles. The lowest BCUT2D eigenvalue weighted by Crippen LogP contribution is -2.41. The summed E-state index contributed by atoms with van der Waals surface area (Å²) in [6.45, 7) is 2.54. The van der Waals surface area contributed by atoms with E-state index < -0.39 is 11.9 Å². The summed E-state index contributed by atoms with van der Waals surface area (Å²) in [7, 11) is 3.07. The van der Waals surface area contributed by atoms with Gasteiger partial charge in [-0.3, -0.25) is 4.79 Å². The molecule has 41 heavy (non-hydrogen) atoms. The van der Waals surface area contributed by atoms with E-state index in [1.54, 1.807) is 23.1 Å². The van der Waals surface area contributed by atoms with E-state index in [0.717, 1.165) is 6.42 Å². The Labute approximate surface area is 241 Å². The molecule has 1 atom stereocenters. The predicted octanol–water partition coefficient (Wildman–Crippen LogP) is 4.75. The van der Waals surface area contributed by atoms with Crippen LogP contribution in [0.4, 0.5) is 26.6 Å². The molecule has 218 valence electrons. The standard InChI is InChI=1S/C28H32ClFN6O5/c1-40-23-15-19-22(16-24(23)41-2)32-27(33-26(19)31-21-7-6-17(29)13-20(21)30)35-9-4-8-34(11-12-35)25(37)14-18-5-3-10-36(18)28(38)39/h6-7,13,15-16,18H,3-5,8-12,14H2,1-2H3,(H,38,39)(H,31,32,33)/t18-/m0/s1. The van der Waals surface area contributed by atoms with Crippen LogP contribution in [0.25, 0.3) is 10.9 Å². The molecule has 0 radical (unpaired) electrons. The summed E-state index contributed by atoms with van der Waals surface area (Å²) in [5.41, 5.74) is 0.766. The zero-order valence-corrected chi connectivity index (χ0v) is 23.7. The first-order chi connectivity index (χ1) is 19.8. The predicted molar refractivity (Wildman–Crippen MR) is 153 cm³/mol. The Morgan fingerprint density at radius 3 is 2.56 bits per heavy atom. The van der Waals surface area contributed by atoms with Crippen molar-refractivity contribution in [1.82, 2.24) is 19.8 Å². The normalized spacial score (nSPS) is 17.5. The second-order valence-electron chi connectivity index (χ2n) is 10.0. The van der Waals surface area contributed by atoms with Crippen molar-refractivity contribution in [3.8, 4) is 11.5 Å². The summed E-state index contributed by atoms with van der Waals surface area (Å²) < 4.78 is 25.7. The Morgan fingerprint density at radius 2 is 1.83 bits per heavy atom. The number of hydrogen-bond acceptors (Lipinski definition) is 8. The lowest BCUT2D eigenvalue weighted by atomic mass is 10.1. The van der Waals surface area contributed by atoms with Gasteiger partial charge in [0.05, 0.1) is 25.4 Å². The molecular weight excluding hydrogens is 555 g/mol. The van der Waals surface area contributed by atoms with E-state index in [4.69, 9.17) is 31.0 Å². The number of halogens is 2. The number of rotatable bonds is 7. The number of aromatic nitrogens is 2. The summed E-state index contributed by atoms with van der Waals surface area (Å²) in [5, 5.41) is 13.4. The van der Waals surface area contributed by atoms with Gasteiger partial charge in [0.1, 0.15) is 11.6 Å². The van der Waals surface area contributed by atoms with Crippen molar-refractivity contribution >= 4 is 52.0 Å². The van der Waals surface area contributed by atoms with Crippen LogP contribution >= 0.6 is 11.6 Å². The number of amides is 2. The van der Waals surface area contributed by atoms with Crippen molar-refractivity contribution in [3.63, 3.8) is 0 Å². The Hall–Kier alpha value is -4.06. The third kappa shape index (κ3) is 6.17. The fourth-order valence-electron chi connectivity index (χ4n) is 5.40. The minimum Gasteiger partial charge on any atom is -0.493 e. The van der Waals surface area contributed by atoms with E-state index in [1.807, 2.05) is 4.90 Å². The average molecular weight is 587 g/mol. The van der Waals surface area contributed by atoms with Crippen LogP contribution in [-0.4, -0.2) is 89.9 Å². The van der Waals surface area contributed by atoms with E-state index >= 15 is 0 Å². The molecule has 0 saturated carbocycles. The first kappa shape index (κ1) is 28.5. The zero-order chi connectivity index (χ0) is 29.1. The van der Waals surface area contributed by atoms with E-state index in [1.165, 1.54) is 31.3 Å².